The lowest BCUT2D eigenvalue weighted by Crippen LogP contribution is -2.30. The van der Waals surface area contributed by atoms with Gasteiger partial charge in [-0.2, -0.15) is 0 Å². The summed E-state index contributed by atoms with van der Waals surface area (Å²) in [5.41, 5.74) is 0. The zero-order valence-electron chi connectivity index (χ0n) is 42.1. The topological polar surface area (TPSA) is 78.9 Å². The fourth-order valence-corrected chi connectivity index (χ4v) is 6.67. The van der Waals surface area contributed by atoms with E-state index in [4.69, 9.17) is 14.2 Å². The molecule has 0 heterocycles. The van der Waals surface area contributed by atoms with Gasteiger partial charge in [0, 0.05) is 19.3 Å². The fourth-order valence-electron chi connectivity index (χ4n) is 6.67. The van der Waals surface area contributed by atoms with E-state index in [9.17, 15) is 14.4 Å². The highest BCUT2D eigenvalue weighted by molar-refractivity contribution is 5.71. The molecule has 6 nitrogen and oxygen atoms in total. The summed E-state index contributed by atoms with van der Waals surface area (Å²) < 4.78 is 16.7. The maximum absolute atomic E-state index is 12.8. The van der Waals surface area contributed by atoms with E-state index in [1.54, 1.807) is 0 Å². The van der Waals surface area contributed by atoms with Crippen LogP contribution < -0.4 is 0 Å². The predicted octanol–water partition coefficient (Wildman–Crippen LogP) is 17.5. The van der Waals surface area contributed by atoms with Crippen molar-refractivity contribution >= 4 is 17.9 Å². The van der Waals surface area contributed by atoms with Crippen molar-refractivity contribution in [3.05, 3.63) is 134 Å². The molecule has 0 rings (SSSR count). The number of hydrogen-bond donors (Lipinski definition) is 0. The molecular weight excluding hydrogens is 817 g/mol. The SMILES string of the molecule is CC\C=C/C=C\C=C/C=C\C=C/CCCC(=O)OCC(COC(=O)CC/C=C\C/C=C\C/C=C\C/C=C\C/C=C\C/C=C\CC)OC(=O)CCCCCCCCCCCCCCCCCC. The van der Waals surface area contributed by atoms with Crippen LogP contribution in [0.4, 0.5) is 0 Å². The standard InChI is InChI=1S/C60H94O6/c1-4-7-10-13-16-19-22-25-27-29-30-31-33-35-38-41-44-47-50-53-59(62)65-56-57(55-64-58(61)52-49-46-43-40-37-34-24-21-18-15-12-9-6-3)66-60(63)54-51-48-45-42-39-36-32-28-26-23-20-17-14-11-8-5-2/h7,9-10,12,15-16,18-19,21,24-25,27,30-31,34-35,37-38,40,43-44,47,57H,4-6,8,11,13-14,17,20,22-23,26,28-29,32-33,36,39,41-42,45-46,48-56H2,1-3H3/b10-7-,12-9-,18-15-,19-16-,24-21-,27-25-,31-30-,37-34-,38-35-,43-40-,47-44-. The first-order valence-electron chi connectivity index (χ1n) is 26.3. The van der Waals surface area contributed by atoms with Gasteiger partial charge in [0.05, 0.1) is 0 Å². The van der Waals surface area contributed by atoms with Gasteiger partial charge in [-0.1, -0.05) is 251 Å². The van der Waals surface area contributed by atoms with Crippen molar-refractivity contribution in [2.45, 2.75) is 213 Å². The van der Waals surface area contributed by atoms with Crippen LogP contribution in [0.5, 0.6) is 0 Å². The number of rotatable bonds is 45. The molecule has 0 bridgehead atoms. The van der Waals surface area contributed by atoms with Crippen LogP contribution >= 0.6 is 0 Å². The lowest BCUT2D eigenvalue weighted by atomic mass is 10.0. The quantitative estimate of drug-likeness (QED) is 0.0199. The van der Waals surface area contributed by atoms with Crippen LogP contribution in [0.15, 0.2) is 134 Å². The van der Waals surface area contributed by atoms with Crippen LogP contribution in [0.25, 0.3) is 0 Å². The lowest BCUT2D eigenvalue weighted by Gasteiger charge is -2.18. The van der Waals surface area contributed by atoms with Crippen molar-refractivity contribution < 1.29 is 28.6 Å². The molecular formula is C60H94O6. The number of unbranched alkanes of at least 4 members (excludes halogenated alkanes) is 16. The summed E-state index contributed by atoms with van der Waals surface area (Å²) in [4.78, 5) is 38.0. The Morgan fingerprint density at radius 1 is 0.333 bits per heavy atom. The van der Waals surface area contributed by atoms with Gasteiger partial charge >= 0.3 is 17.9 Å². The minimum atomic E-state index is -0.840. The van der Waals surface area contributed by atoms with Gasteiger partial charge in [-0.05, 0) is 70.6 Å². The maximum Gasteiger partial charge on any atom is 0.306 e. The molecule has 370 valence electrons. The number of esters is 3. The van der Waals surface area contributed by atoms with Crippen molar-refractivity contribution in [3.8, 4) is 0 Å². The zero-order valence-corrected chi connectivity index (χ0v) is 42.1. The summed E-state index contributed by atoms with van der Waals surface area (Å²) in [6, 6.07) is 0. The monoisotopic (exact) mass is 911 g/mol. The smallest absolute Gasteiger partial charge is 0.306 e. The van der Waals surface area contributed by atoms with E-state index in [1.807, 2.05) is 66.8 Å². The van der Waals surface area contributed by atoms with Gasteiger partial charge < -0.3 is 14.2 Å². The Morgan fingerprint density at radius 2 is 0.697 bits per heavy atom. The molecule has 1 unspecified atom stereocenters. The van der Waals surface area contributed by atoms with Gasteiger partial charge in [-0.3, -0.25) is 14.4 Å². The molecule has 0 spiro atoms. The minimum Gasteiger partial charge on any atom is -0.462 e. The number of ether oxygens (including phenoxy) is 3. The molecule has 0 aliphatic heterocycles. The van der Waals surface area contributed by atoms with Crippen LogP contribution in [0, 0.1) is 0 Å². The van der Waals surface area contributed by atoms with E-state index in [-0.39, 0.29) is 44.0 Å². The van der Waals surface area contributed by atoms with Crippen LogP contribution in [-0.4, -0.2) is 37.2 Å². The number of allylic oxidation sites excluding steroid dienone is 22. The molecule has 0 aliphatic rings. The number of hydrogen-bond acceptors (Lipinski definition) is 6. The molecule has 0 aromatic heterocycles. The number of carbonyl (C=O) groups is 3. The van der Waals surface area contributed by atoms with E-state index >= 15 is 0 Å². The average Bonchev–Trinajstić information content (AvgIpc) is 3.31. The zero-order chi connectivity index (χ0) is 47.9. The van der Waals surface area contributed by atoms with Gasteiger partial charge in [0.2, 0.25) is 0 Å². The Morgan fingerprint density at radius 3 is 1.15 bits per heavy atom. The first-order chi connectivity index (χ1) is 32.5. The van der Waals surface area contributed by atoms with Crippen LogP contribution in [0.3, 0.4) is 0 Å². The molecule has 0 radical (unpaired) electrons. The molecule has 0 aromatic rings. The molecule has 0 fully saturated rings. The van der Waals surface area contributed by atoms with Crippen molar-refractivity contribution in [1.82, 2.24) is 0 Å². The molecule has 66 heavy (non-hydrogen) atoms. The summed E-state index contributed by atoms with van der Waals surface area (Å²) in [7, 11) is 0. The van der Waals surface area contributed by atoms with Crippen LogP contribution in [-0.2, 0) is 28.6 Å². The Kier molecular flexibility index (Phi) is 49.6. The summed E-state index contributed by atoms with van der Waals surface area (Å²) in [5, 5.41) is 0. The van der Waals surface area contributed by atoms with Gasteiger partial charge in [-0.25, -0.2) is 0 Å². The third kappa shape index (κ3) is 50.5. The summed E-state index contributed by atoms with van der Waals surface area (Å²) >= 11 is 0. The fraction of sp³-hybridized carbons (Fsp3) is 0.583. The van der Waals surface area contributed by atoms with Gasteiger partial charge in [-0.15, -0.1) is 0 Å². The van der Waals surface area contributed by atoms with Gasteiger partial charge in [0.1, 0.15) is 13.2 Å². The second-order valence-electron chi connectivity index (χ2n) is 16.8. The molecule has 0 saturated carbocycles. The first-order valence-corrected chi connectivity index (χ1v) is 26.3. The van der Waals surface area contributed by atoms with Crippen molar-refractivity contribution in [3.63, 3.8) is 0 Å². The van der Waals surface area contributed by atoms with E-state index in [0.29, 0.717) is 19.3 Å². The Bertz CT molecular complexity index is 1460. The Labute approximate surface area is 405 Å². The van der Waals surface area contributed by atoms with E-state index in [1.165, 1.54) is 83.5 Å². The molecule has 1 atom stereocenters. The first kappa shape index (κ1) is 61.5. The molecule has 0 N–H and O–H groups in total. The normalized spacial score (nSPS) is 13.2. The van der Waals surface area contributed by atoms with E-state index < -0.39 is 6.10 Å². The molecule has 0 saturated heterocycles. The van der Waals surface area contributed by atoms with Crippen LogP contribution in [0.2, 0.25) is 0 Å². The third-order valence-corrected chi connectivity index (χ3v) is 10.5. The predicted molar refractivity (Wildman–Crippen MR) is 283 cm³/mol. The summed E-state index contributed by atoms with van der Waals surface area (Å²) in [6.45, 7) is 6.24. The second-order valence-corrected chi connectivity index (χ2v) is 16.8. The van der Waals surface area contributed by atoms with E-state index in [2.05, 4.69) is 87.6 Å². The van der Waals surface area contributed by atoms with Crippen molar-refractivity contribution in [1.29, 1.82) is 0 Å². The molecule has 0 aromatic carbocycles. The Balaban J connectivity index is 4.59. The Hall–Kier alpha value is -4.45. The van der Waals surface area contributed by atoms with Crippen molar-refractivity contribution in [2.24, 2.45) is 0 Å². The molecule has 6 heteroatoms. The third-order valence-electron chi connectivity index (χ3n) is 10.5. The molecule has 0 aliphatic carbocycles. The highest BCUT2D eigenvalue weighted by Gasteiger charge is 2.19. The number of carbonyl (C=O) groups excluding carboxylic acids is 3. The van der Waals surface area contributed by atoms with Gasteiger partial charge in [0.25, 0.3) is 0 Å². The van der Waals surface area contributed by atoms with Crippen molar-refractivity contribution in [2.75, 3.05) is 13.2 Å². The average molecular weight is 911 g/mol. The second kappa shape index (κ2) is 53.2. The minimum absolute atomic E-state index is 0.141. The highest BCUT2D eigenvalue weighted by Crippen LogP contribution is 2.15. The maximum atomic E-state index is 12.8. The largest absolute Gasteiger partial charge is 0.462 e. The molecule has 0 amide bonds. The highest BCUT2D eigenvalue weighted by atomic mass is 16.6. The van der Waals surface area contributed by atoms with E-state index in [0.717, 1.165) is 70.6 Å². The summed E-state index contributed by atoms with van der Waals surface area (Å²) in [6.07, 6.45) is 74.6. The summed E-state index contributed by atoms with van der Waals surface area (Å²) in [5.74, 6) is -1.10. The van der Waals surface area contributed by atoms with Crippen LogP contribution in [0.1, 0.15) is 207 Å². The lowest BCUT2D eigenvalue weighted by molar-refractivity contribution is -0.166. The van der Waals surface area contributed by atoms with Gasteiger partial charge in [0.15, 0.2) is 6.10 Å².